The zero-order valence-electron chi connectivity index (χ0n) is 10.2. The number of thiazole rings is 1. The minimum Gasteiger partial charge on any atom is -0.301 e. The van der Waals surface area contributed by atoms with Gasteiger partial charge >= 0.3 is 0 Å². The number of carbonyl (C=O) groups excluding carboxylic acids is 1. The lowest BCUT2D eigenvalue weighted by molar-refractivity contribution is -0.116. The number of alkyl halides is 1. The molecule has 2 aromatic rings. The van der Waals surface area contributed by atoms with Crippen LogP contribution >= 0.6 is 38.9 Å². The SMILES string of the molecule is CC(C)[C@@H](Br)C(=O)Nc1nc2c(Cl)cc(F)cc2s1. The summed E-state index contributed by atoms with van der Waals surface area (Å²) in [6.45, 7) is 3.87. The largest absolute Gasteiger partial charge is 0.301 e. The molecule has 2 rings (SSSR count). The Morgan fingerprint density at radius 3 is 2.84 bits per heavy atom. The highest BCUT2D eigenvalue weighted by Crippen LogP contribution is 2.32. The first-order chi connectivity index (χ1) is 8.88. The normalized spacial score (nSPS) is 12.9. The van der Waals surface area contributed by atoms with Gasteiger partial charge in [0.15, 0.2) is 5.13 Å². The van der Waals surface area contributed by atoms with Crippen molar-refractivity contribution in [1.29, 1.82) is 0 Å². The number of fused-ring (bicyclic) bond motifs is 1. The van der Waals surface area contributed by atoms with E-state index in [0.29, 0.717) is 15.3 Å². The third-order valence-electron chi connectivity index (χ3n) is 2.48. The average molecular weight is 366 g/mol. The van der Waals surface area contributed by atoms with E-state index in [1.165, 1.54) is 23.5 Å². The Morgan fingerprint density at radius 1 is 1.53 bits per heavy atom. The summed E-state index contributed by atoms with van der Waals surface area (Å²) in [6.07, 6.45) is 0. The Bertz CT molecular complexity index is 631. The zero-order valence-corrected chi connectivity index (χ0v) is 13.4. The Hall–Kier alpha value is -0.720. The van der Waals surface area contributed by atoms with Gasteiger partial charge in [-0.25, -0.2) is 9.37 Å². The molecule has 1 aromatic heterocycles. The summed E-state index contributed by atoms with van der Waals surface area (Å²) in [5.41, 5.74) is 0.499. The number of nitrogens with zero attached hydrogens (tertiary/aromatic N) is 1. The molecule has 0 bridgehead atoms. The molecular formula is C12H11BrClFN2OS. The Morgan fingerprint density at radius 2 is 2.21 bits per heavy atom. The summed E-state index contributed by atoms with van der Waals surface area (Å²) in [7, 11) is 0. The van der Waals surface area contributed by atoms with Crippen molar-refractivity contribution in [2.24, 2.45) is 5.92 Å². The number of nitrogens with one attached hydrogen (secondary N) is 1. The van der Waals surface area contributed by atoms with Crippen molar-refractivity contribution in [1.82, 2.24) is 4.98 Å². The fraction of sp³-hybridized carbons (Fsp3) is 0.333. The Balaban J connectivity index is 2.27. The number of amides is 1. The lowest BCUT2D eigenvalue weighted by Gasteiger charge is -2.11. The van der Waals surface area contributed by atoms with Gasteiger partial charge in [0.05, 0.1) is 14.5 Å². The highest BCUT2D eigenvalue weighted by atomic mass is 79.9. The van der Waals surface area contributed by atoms with Gasteiger partial charge in [-0.3, -0.25) is 4.79 Å². The smallest absolute Gasteiger partial charge is 0.240 e. The molecule has 1 heterocycles. The van der Waals surface area contributed by atoms with Gasteiger partial charge in [-0.15, -0.1) is 0 Å². The van der Waals surface area contributed by atoms with Gasteiger partial charge in [0, 0.05) is 0 Å². The van der Waals surface area contributed by atoms with E-state index in [9.17, 15) is 9.18 Å². The van der Waals surface area contributed by atoms with E-state index >= 15 is 0 Å². The molecule has 0 fully saturated rings. The van der Waals surface area contributed by atoms with Crippen LogP contribution in [0.4, 0.5) is 9.52 Å². The second-order valence-corrected chi connectivity index (χ2v) is 6.81. The van der Waals surface area contributed by atoms with Crippen LogP contribution in [0.25, 0.3) is 10.2 Å². The minimum atomic E-state index is -0.417. The van der Waals surface area contributed by atoms with Gasteiger partial charge in [0.2, 0.25) is 5.91 Å². The molecular weight excluding hydrogens is 355 g/mol. The molecule has 1 aromatic carbocycles. The third kappa shape index (κ3) is 3.24. The van der Waals surface area contributed by atoms with E-state index in [2.05, 4.69) is 26.2 Å². The number of anilines is 1. The van der Waals surface area contributed by atoms with Crippen LogP contribution in [0.5, 0.6) is 0 Å². The van der Waals surface area contributed by atoms with Crippen LogP contribution in [0.1, 0.15) is 13.8 Å². The molecule has 0 saturated heterocycles. The topological polar surface area (TPSA) is 42.0 Å². The van der Waals surface area contributed by atoms with Crippen molar-refractivity contribution in [2.75, 3.05) is 5.32 Å². The van der Waals surface area contributed by atoms with Crippen molar-refractivity contribution in [3.8, 4) is 0 Å². The number of rotatable bonds is 3. The molecule has 19 heavy (non-hydrogen) atoms. The highest BCUT2D eigenvalue weighted by molar-refractivity contribution is 9.10. The fourth-order valence-corrected chi connectivity index (χ4v) is 2.83. The molecule has 1 atom stereocenters. The molecule has 7 heteroatoms. The van der Waals surface area contributed by atoms with Crippen LogP contribution in [-0.4, -0.2) is 15.7 Å². The fourth-order valence-electron chi connectivity index (χ4n) is 1.49. The van der Waals surface area contributed by atoms with Gasteiger partial charge < -0.3 is 5.32 Å². The number of hydrogen-bond acceptors (Lipinski definition) is 3. The number of halogens is 3. The molecule has 0 saturated carbocycles. The highest BCUT2D eigenvalue weighted by Gasteiger charge is 2.20. The van der Waals surface area contributed by atoms with Crippen LogP contribution in [0.3, 0.4) is 0 Å². The standard InChI is InChI=1S/C12H11BrClFN2OS/c1-5(2)9(13)11(18)17-12-16-10-7(14)3-6(15)4-8(10)19-12/h3-5,9H,1-2H3,(H,16,17,18)/t9-/m1/s1. The van der Waals surface area contributed by atoms with Crippen molar-refractivity contribution >= 4 is 60.1 Å². The molecule has 0 aliphatic rings. The third-order valence-corrected chi connectivity index (χ3v) is 5.16. The van der Waals surface area contributed by atoms with Gasteiger partial charge in [-0.1, -0.05) is 52.7 Å². The summed E-state index contributed by atoms with van der Waals surface area (Å²) in [5.74, 6) is -0.430. The maximum Gasteiger partial charge on any atom is 0.240 e. The number of hydrogen-bond donors (Lipinski definition) is 1. The number of aromatic nitrogens is 1. The second-order valence-electron chi connectivity index (χ2n) is 4.39. The Labute approximate surface area is 127 Å². The molecule has 0 spiro atoms. The predicted octanol–water partition coefficient (Wildman–Crippen LogP) is 4.45. The molecule has 0 unspecified atom stereocenters. The first-order valence-corrected chi connectivity index (χ1v) is 7.70. The van der Waals surface area contributed by atoms with E-state index in [-0.39, 0.29) is 21.7 Å². The van der Waals surface area contributed by atoms with E-state index in [1.54, 1.807) is 0 Å². The van der Waals surface area contributed by atoms with Crippen molar-refractivity contribution < 1.29 is 9.18 Å². The lowest BCUT2D eigenvalue weighted by Crippen LogP contribution is -2.26. The average Bonchev–Trinajstić information content (AvgIpc) is 2.70. The summed E-state index contributed by atoms with van der Waals surface area (Å²) in [5, 5.41) is 3.36. The van der Waals surface area contributed by atoms with Gasteiger partial charge in [-0.2, -0.15) is 0 Å². The Kier molecular flexibility index (Phi) is 4.43. The monoisotopic (exact) mass is 364 g/mol. The van der Waals surface area contributed by atoms with Crippen molar-refractivity contribution in [3.05, 3.63) is 23.0 Å². The van der Waals surface area contributed by atoms with Gasteiger partial charge in [0.1, 0.15) is 11.3 Å². The summed E-state index contributed by atoms with van der Waals surface area (Å²) in [4.78, 5) is 15.8. The molecule has 1 N–H and O–H groups in total. The van der Waals surface area contributed by atoms with Gasteiger partial charge in [-0.05, 0) is 18.1 Å². The molecule has 102 valence electrons. The summed E-state index contributed by atoms with van der Waals surface area (Å²) in [6, 6.07) is 2.55. The minimum absolute atomic E-state index is 0.162. The van der Waals surface area contributed by atoms with E-state index < -0.39 is 5.82 Å². The molecule has 1 amide bonds. The molecule has 3 nitrogen and oxygen atoms in total. The van der Waals surface area contributed by atoms with Crippen LogP contribution in [-0.2, 0) is 4.79 Å². The first kappa shape index (κ1) is 14.7. The first-order valence-electron chi connectivity index (χ1n) is 5.59. The molecule has 0 aliphatic carbocycles. The van der Waals surface area contributed by atoms with Crippen LogP contribution in [0.2, 0.25) is 5.02 Å². The second kappa shape index (κ2) is 5.73. The maximum absolute atomic E-state index is 13.2. The maximum atomic E-state index is 13.2. The van der Waals surface area contributed by atoms with E-state index in [4.69, 9.17) is 11.6 Å². The van der Waals surface area contributed by atoms with Crippen molar-refractivity contribution in [3.63, 3.8) is 0 Å². The molecule has 0 aliphatic heterocycles. The predicted molar refractivity (Wildman–Crippen MR) is 80.8 cm³/mol. The molecule has 0 radical (unpaired) electrons. The van der Waals surface area contributed by atoms with E-state index in [1.807, 2.05) is 13.8 Å². The van der Waals surface area contributed by atoms with Crippen LogP contribution in [0, 0.1) is 11.7 Å². The van der Waals surface area contributed by atoms with Crippen LogP contribution < -0.4 is 5.32 Å². The van der Waals surface area contributed by atoms with Crippen LogP contribution in [0.15, 0.2) is 12.1 Å². The summed E-state index contributed by atoms with van der Waals surface area (Å²) < 4.78 is 13.8. The number of carbonyl (C=O) groups is 1. The van der Waals surface area contributed by atoms with Crippen molar-refractivity contribution in [2.45, 2.75) is 18.7 Å². The van der Waals surface area contributed by atoms with E-state index in [0.717, 1.165) is 0 Å². The zero-order chi connectivity index (χ0) is 14.2. The number of benzene rings is 1. The summed E-state index contributed by atoms with van der Waals surface area (Å²) >= 11 is 10.4. The quantitative estimate of drug-likeness (QED) is 0.817. The van der Waals surface area contributed by atoms with Gasteiger partial charge in [0.25, 0.3) is 0 Å². The lowest BCUT2D eigenvalue weighted by atomic mass is 10.1.